The van der Waals surface area contributed by atoms with Gasteiger partial charge in [-0.3, -0.25) is 33.6 Å². The lowest BCUT2D eigenvalue weighted by Crippen LogP contribution is -2.62. The highest BCUT2D eigenvalue weighted by atomic mass is 32.1. The summed E-state index contributed by atoms with van der Waals surface area (Å²) in [5, 5.41) is 77.9. The lowest BCUT2D eigenvalue weighted by molar-refractivity contribution is -0.276. The number of likely N-dealkylation sites (N-methyl/N-ethyl adjacent to an activating group) is 2. The summed E-state index contributed by atoms with van der Waals surface area (Å²) >= 11 is 4.66. The molecule has 11 atom stereocenters. The molecule has 7 aromatic heterocycles. The number of cyclic esters (lactones) is 1. The molecular weight excluding hydrogens is 1470 g/mol. The standard InChI is InChI=1S/C66H73N15O19S5/c1-27(83)47-60(91)78-48(28(2)95-8)63-74-37(25-104-63)57(88)69-32-16-44-68-36(23-101-44)56(87)71-34(20-98-65(92)51-31-19-97-52(32)53(100-45-17-66(4,93)54(79(5)6)29(3)99-45)42(85)21-96-43-12-9-11-40(46(31)43)81(51)94)62-72-35(22-103-62)49-30(61-73-39(24-102-61)59(90)77-47)15-41(84)50(76-49)64-75-38(26-105-64)58(89)70-33(55(67)86)18-80(7)13-10-14-82/h9,11-12,15,22-27,29,32-34,45,47,52-54,82-84,93-94H,10,13-14,16-21H2,1-8H3,(H2,67,86)(H,69,88)(H,70,89)(H,71,87)(H,77,90)(H,78,91)/b48-28+/t27-,29+,32-,33?,34?,45+,47+,52-,53?,54-,66+/m1/s1. The molecule has 6 amide bonds. The minimum absolute atomic E-state index is 0.00156. The van der Waals surface area contributed by atoms with Crippen LogP contribution in [0, 0.1) is 0 Å². The average Bonchev–Trinajstić information content (AvgIpc) is 1.41. The molecule has 11 heterocycles. The number of carbonyl (C=O) groups is 8. The number of hydrogen-bond donors (Lipinski definition) is 11. The molecule has 556 valence electrons. The van der Waals surface area contributed by atoms with Gasteiger partial charge >= 0.3 is 5.97 Å². The molecule has 34 nitrogen and oxygen atoms in total. The first-order valence-corrected chi connectivity index (χ1v) is 37.1. The van der Waals surface area contributed by atoms with Gasteiger partial charge in [0, 0.05) is 70.6 Å². The van der Waals surface area contributed by atoms with Crippen molar-refractivity contribution in [3.63, 3.8) is 0 Å². The van der Waals surface area contributed by atoms with Gasteiger partial charge in [-0.1, -0.05) is 6.07 Å². The zero-order valence-electron chi connectivity index (χ0n) is 57.4. The van der Waals surface area contributed by atoms with Gasteiger partial charge in [0.25, 0.3) is 23.6 Å². The molecule has 12 rings (SSSR count). The number of benzene rings is 1. The predicted octanol–water partition coefficient (Wildman–Crippen LogP) is 2.84. The van der Waals surface area contributed by atoms with Crippen molar-refractivity contribution >= 4 is 120 Å². The van der Waals surface area contributed by atoms with Gasteiger partial charge in [-0.2, -0.15) is 4.73 Å². The Kier molecular flexibility index (Phi) is 22.5. The van der Waals surface area contributed by atoms with Crippen molar-refractivity contribution in [2.45, 2.75) is 120 Å². The van der Waals surface area contributed by atoms with E-state index in [0.29, 0.717) is 17.7 Å². The van der Waals surface area contributed by atoms with E-state index in [0.717, 1.165) is 56.7 Å². The van der Waals surface area contributed by atoms with Crippen molar-refractivity contribution in [1.82, 2.24) is 71.0 Å². The van der Waals surface area contributed by atoms with Gasteiger partial charge < -0.3 is 96.2 Å². The molecule has 1 aromatic carbocycles. The SMILES string of the molecule is CO/C(C)=C1/NC(=O)[C@H]([C@@H](C)O)NC(=O)c2csc(n2)-c2cc(O)c(-c3nc(C(=O)NC(CN(C)CCCO)C(N)=O)cs3)nc2-c2csc(n2)C2COC(=O)c3c4c5c(cccc5n3O)OCC(=O)C(O[C@H]3C[C@](C)(O)[C@H](N(C)C)[C@H](C)O3)[C@H](OC4)[C@@H](Cc3nc(cs3)C(=O)N2)NC(=O)c2csc1n2. The number of aliphatic hydroxyl groups excluding tert-OH is 2. The van der Waals surface area contributed by atoms with E-state index in [1.165, 1.54) is 72.1 Å². The number of esters is 1. The zero-order valence-corrected chi connectivity index (χ0v) is 61.5. The van der Waals surface area contributed by atoms with Crippen LogP contribution in [0.1, 0.15) is 120 Å². The fraction of sp³-hybridized carbons (Fsp3) is 0.424. The largest absolute Gasteiger partial charge is 0.506 e. The highest BCUT2D eigenvalue weighted by molar-refractivity contribution is 7.14. The van der Waals surface area contributed by atoms with E-state index < -0.39 is 145 Å². The van der Waals surface area contributed by atoms with E-state index in [1.54, 1.807) is 44.8 Å². The number of carbonyl (C=O) groups excluding carboxylic acids is 8. The second kappa shape index (κ2) is 31.4. The number of Topliss-reactive ketones (excluding diaryl/α,β-unsaturated/α-hetero) is 1. The van der Waals surface area contributed by atoms with Crippen LogP contribution in [0.5, 0.6) is 11.5 Å². The summed E-state index contributed by atoms with van der Waals surface area (Å²) in [7, 11) is 6.55. The molecule has 0 aliphatic carbocycles. The van der Waals surface area contributed by atoms with Crippen LogP contribution in [0.15, 0.2) is 56.9 Å². The highest BCUT2D eigenvalue weighted by Crippen LogP contribution is 2.43. The molecule has 8 aromatic rings. The fourth-order valence-corrected chi connectivity index (χ4v) is 17.0. The number of allylic oxidation sites excluding steroid dienone is 1. The third-order valence-corrected chi connectivity index (χ3v) is 22.2. The first-order chi connectivity index (χ1) is 50.1. The van der Waals surface area contributed by atoms with Crippen molar-refractivity contribution in [3.05, 3.63) is 106 Å². The third-order valence-electron chi connectivity index (χ3n) is 17.8. The normalized spacial score (nSPS) is 23.7. The van der Waals surface area contributed by atoms with E-state index in [-0.39, 0.29) is 130 Å². The molecule has 4 aliphatic rings. The van der Waals surface area contributed by atoms with Gasteiger partial charge in [0.15, 0.2) is 18.1 Å². The zero-order chi connectivity index (χ0) is 75.0. The number of primary amides is 1. The summed E-state index contributed by atoms with van der Waals surface area (Å²) in [6.07, 6.45) is -7.07. The van der Waals surface area contributed by atoms with Gasteiger partial charge in [-0.15, -0.1) is 56.7 Å². The lowest BCUT2D eigenvalue weighted by atomic mass is 9.85. The molecule has 0 spiro atoms. The van der Waals surface area contributed by atoms with Crippen LogP contribution in [0.3, 0.4) is 0 Å². The molecule has 1 fully saturated rings. The molecule has 0 saturated carbocycles. The number of thiazole rings is 5. The van der Waals surface area contributed by atoms with Gasteiger partial charge in [0.2, 0.25) is 17.6 Å². The highest BCUT2D eigenvalue weighted by Gasteiger charge is 2.49. The molecule has 4 aliphatic heterocycles. The van der Waals surface area contributed by atoms with Crippen LogP contribution in [-0.4, -0.2) is 239 Å². The number of fused-ring (bicyclic) bond motifs is 16. The smallest absolute Gasteiger partial charge is 0.358 e. The summed E-state index contributed by atoms with van der Waals surface area (Å²) in [5.74, 6) is -7.57. The first-order valence-electron chi connectivity index (χ1n) is 32.7. The number of ether oxygens (including phenoxy) is 6. The van der Waals surface area contributed by atoms with E-state index in [9.17, 15) is 49.6 Å². The molecule has 105 heavy (non-hydrogen) atoms. The molecule has 12 bridgehead atoms. The van der Waals surface area contributed by atoms with Crippen molar-refractivity contribution in [2.75, 3.05) is 61.2 Å². The second-order valence-corrected chi connectivity index (χ2v) is 30.1. The number of amides is 6. The number of aliphatic hydroxyl groups is 3. The van der Waals surface area contributed by atoms with Gasteiger partial charge in [0.1, 0.15) is 120 Å². The van der Waals surface area contributed by atoms with Crippen LogP contribution in [-0.2, 0) is 51.1 Å². The number of methoxy groups -OCH3 is 1. The Morgan fingerprint density at radius 1 is 0.867 bits per heavy atom. The van der Waals surface area contributed by atoms with Crippen molar-refractivity contribution in [2.24, 2.45) is 5.73 Å². The summed E-state index contributed by atoms with van der Waals surface area (Å²) in [4.78, 5) is 147. The minimum atomic E-state index is -1.76. The Hall–Kier alpha value is -9.36. The number of ketones is 1. The number of nitrogens with zero attached hydrogens (tertiary/aromatic N) is 9. The number of pyridine rings is 1. The molecule has 39 heteroatoms. The number of nitrogens with two attached hydrogens (primary N) is 1. The third kappa shape index (κ3) is 16.0. The Labute approximate surface area is 617 Å². The molecule has 12 N–H and O–H groups in total. The quantitative estimate of drug-likeness (QED) is 0.0423. The number of aromatic hydroxyl groups is 1. The predicted molar refractivity (Wildman–Crippen MR) is 379 cm³/mol. The Balaban J connectivity index is 1.01. The summed E-state index contributed by atoms with van der Waals surface area (Å²) in [5.41, 5.74) is 2.66. The molecule has 0 radical (unpaired) electrons. The monoisotopic (exact) mass is 1540 g/mol. The number of aromatic nitrogens is 7. The van der Waals surface area contributed by atoms with Crippen molar-refractivity contribution < 1.29 is 92.4 Å². The summed E-state index contributed by atoms with van der Waals surface area (Å²) in [6.45, 7) is 4.33. The van der Waals surface area contributed by atoms with E-state index in [1.807, 2.05) is 0 Å². The second-order valence-electron chi connectivity index (χ2n) is 25.7. The van der Waals surface area contributed by atoms with Crippen molar-refractivity contribution in [1.29, 1.82) is 0 Å². The minimum Gasteiger partial charge on any atom is -0.506 e. The Morgan fingerprint density at radius 3 is 2.28 bits per heavy atom. The molecular formula is C66H73N15O19S5. The lowest BCUT2D eigenvalue weighted by Gasteiger charge is -2.48. The number of hydrogen-bond acceptors (Lipinski definition) is 32. The molecule has 3 unspecified atom stereocenters. The summed E-state index contributed by atoms with van der Waals surface area (Å²) < 4.78 is 38.7. The van der Waals surface area contributed by atoms with Crippen molar-refractivity contribution in [3.8, 4) is 44.2 Å². The number of nitrogens with one attached hydrogen (secondary N) is 5. The van der Waals surface area contributed by atoms with Gasteiger partial charge in [-0.05, 0) is 73.5 Å². The Bertz CT molecular complexity index is 4710. The van der Waals surface area contributed by atoms with E-state index >= 15 is 14.4 Å². The van der Waals surface area contributed by atoms with E-state index in [2.05, 4.69) is 41.5 Å². The fourth-order valence-electron chi connectivity index (χ4n) is 12.8. The van der Waals surface area contributed by atoms with Crippen LogP contribution in [0.4, 0.5) is 0 Å². The van der Waals surface area contributed by atoms with Crippen LogP contribution in [0.2, 0.25) is 0 Å². The maximum atomic E-state index is 15.2. The summed E-state index contributed by atoms with van der Waals surface area (Å²) in [6, 6.07) is -0.416. The maximum absolute atomic E-state index is 15.2. The van der Waals surface area contributed by atoms with Crippen LogP contribution in [0.25, 0.3) is 49.3 Å². The molecule has 1 saturated heterocycles. The van der Waals surface area contributed by atoms with Gasteiger partial charge in [0.05, 0.1) is 59.5 Å². The average molecular weight is 1540 g/mol. The maximum Gasteiger partial charge on any atom is 0.358 e. The number of rotatable bonds is 14. The first kappa shape index (κ1) is 75.3. The Morgan fingerprint density at radius 2 is 1.56 bits per heavy atom. The topological polar surface area (TPSA) is 468 Å². The van der Waals surface area contributed by atoms with Crippen LogP contribution < -0.4 is 37.1 Å². The van der Waals surface area contributed by atoms with E-state index in [4.69, 9.17) is 49.1 Å². The van der Waals surface area contributed by atoms with Crippen LogP contribution >= 0.6 is 56.7 Å². The van der Waals surface area contributed by atoms with Gasteiger partial charge in [-0.25, -0.2) is 34.7 Å².